The van der Waals surface area contributed by atoms with Crippen LogP contribution in [0.3, 0.4) is 0 Å². The molecule has 2 aromatic rings. The molecular weight excluding hydrogens is 296 g/mol. The lowest BCUT2D eigenvalue weighted by molar-refractivity contribution is 0.115. The Balaban J connectivity index is 1.50. The van der Waals surface area contributed by atoms with Crippen molar-refractivity contribution in [1.82, 2.24) is 20.1 Å². The lowest BCUT2D eigenvalue weighted by Crippen LogP contribution is -2.33. The van der Waals surface area contributed by atoms with E-state index in [4.69, 9.17) is 4.42 Å². The van der Waals surface area contributed by atoms with Gasteiger partial charge >= 0.3 is 0 Å². The van der Waals surface area contributed by atoms with E-state index in [1.54, 1.807) is 11.3 Å². The molecule has 0 N–H and O–H groups in total. The zero-order chi connectivity index (χ0) is 14.9. The number of aromatic nitrogens is 3. The van der Waals surface area contributed by atoms with E-state index in [-0.39, 0.29) is 6.04 Å². The summed E-state index contributed by atoms with van der Waals surface area (Å²) < 4.78 is 6.02. The van der Waals surface area contributed by atoms with Gasteiger partial charge in [0.05, 0.1) is 12.6 Å². The molecule has 0 unspecified atom stereocenters. The average molecular weight is 318 g/mol. The molecule has 5 nitrogen and oxygen atoms in total. The molecule has 0 aromatic carbocycles. The second-order valence-electron chi connectivity index (χ2n) is 6.45. The molecule has 4 rings (SSSR count). The number of nitrogens with zero attached hydrogens (tertiary/aromatic N) is 4. The predicted molar refractivity (Wildman–Crippen MR) is 84.7 cm³/mol. The van der Waals surface area contributed by atoms with Gasteiger partial charge in [-0.25, -0.2) is 4.98 Å². The standard InChI is InChI=1S/C16H22N4OS/c1-11-9-17-14(22-11)10-20-8-3-2-7-13(20)16-19-18-15(21-16)12-5-4-6-12/h9,12-13H,2-8,10H2,1H3/t13-/m1/s1. The maximum Gasteiger partial charge on any atom is 0.233 e. The van der Waals surface area contributed by atoms with Gasteiger partial charge in [-0.3, -0.25) is 4.90 Å². The Morgan fingerprint density at radius 2 is 2.05 bits per heavy atom. The molecule has 1 atom stereocenters. The van der Waals surface area contributed by atoms with Crippen molar-refractivity contribution in [3.63, 3.8) is 0 Å². The molecule has 22 heavy (non-hydrogen) atoms. The van der Waals surface area contributed by atoms with Gasteiger partial charge in [0.25, 0.3) is 0 Å². The van der Waals surface area contributed by atoms with Gasteiger partial charge < -0.3 is 4.42 Å². The van der Waals surface area contributed by atoms with Crippen LogP contribution in [0.25, 0.3) is 0 Å². The maximum atomic E-state index is 6.02. The number of rotatable bonds is 4. The van der Waals surface area contributed by atoms with Crippen LogP contribution in [0.15, 0.2) is 10.6 Å². The first kappa shape index (κ1) is 14.3. The van der Waals surface area contributed by atoms with Crippen LogP contribution < -0.4 is 0 Å². The molecule has 3 heterocycles. The molecule has 2 aliphatic rings. The molecule has 1 aliphatic heterocycles. The highest BCUT2D eigenvalue weighted by Crippen LogP contribution is 2.38. The molecule has 1 aliphatic carbocycles. The molecule has 0 amide bonds. The Morgan fingerprint density at radius 3 is 2.77 bits per heavy atom. The highest BCUT2D eigenvalue weighted by molar-refractivity contribution is 7.11. The normalized spacial score (nSPS) is 23.6. The van der Waals surface area contributed by atoms with E-state index in [1.807, 2.05) is 6.20 Å². The van der Waals surface area contributed by atoms with Crippen molar-refractivity contribution < 1.29 is 4.42 Å². The third-order valence-electron chi connectivity index (χ3n) is 4.82. The second-order valence-corrected chi connectivity index (χ2v) is 7.77. The van der Waals surface area contributed by atoms with Crippen LogP contribution in [0.4, 0.5) is 0 Å². The molecule has 6 heteroatoms. The summed E-state index contributed by atoms with van der Waals surface area (Å²) in [5, 5.41) is 9.85. The number of piperidine rings is 1. The fourth-order valence-electron chi connectivity index (χ4n) is 3.31. The van der Waals surface area contributed by atoms with Gasteiger partial charge in [-0.2, -0.15) is 0 Å². The summed E-state index contributed by atoms with van der Waals surface area (Å²) in [7, 11) is 0. The van der Waals surface area contributed by atoms with Crippen LogP contribution in [0, 0.1) is 6.92 Å². The SMILES string of the molecule is Cc1cnc(CN2CCCC[C@@H]2c2nnc(C3CCC3)o2)s1. The zero-order valence-corrected chi connectivity index (χ0v) is 13.8. The number of aryl methyl sites for hydroxylation is 1. The highest BCUT2D eigenvalue weighted by Gasteiger charge is 2.31. The summed E-state index contributed by atoms with van der Waals surface area (Å²) in [6, 6.07) is 0.263. The van der Waals surface area contributed by atoms with Gasteiger partial charge in [0, 0.05) is 17.0 Å². The fraction of sp³-hybridized carbons (Fsp3) is 0.688. The van der Waals surface area contributed by atoms with E-state index in [0.29, 0.717) is 5.92 Å². The molecule has 2 aromatic heterocycles. The smallest absolute Gasteiger partial charge is 0.233 e. The molecule has 0 spiro atoms. The van der Waals surface area contributed by atoms with E-state index in [0.717, 1.165) is 31.3 Å². The van der Waals surface area contributed by atoms with Gasteiger partial charge in [0.15, 0.2) is 0 Å². The predicted octanol–water partition coefficient (Wildman–Crippen LogP) is 3.83. The largest absolute Gasteiger partial charge is 0.423 e. The first-order valence-corrected chi connectivity index (χ1v) is 9.10. The van der Waals surface area contributed by atoms with Gasteiger partial charge in [0.2, 0.25) is 11.8 Å². The summed E-state index contributed by atoms with van der Waals surface area (Å²) in [5.74, 6) is 2.19. The monoisotopic (exact) mass is 318 g/mol. The molecule has 2 fully saturated rings. The van der Waals surface area contributed by atoms with Crippen molar-refractivity contribution in [2.75, 3.05) is 6.54 Å². The van der Waals surface area contributed by atoms with Crippen LogP contribution in [0.5, 0.6) is 0 Å². The summed E-state index contributed by atoms with van der Waals surface area (Å²) in [5.41, 5.74) is 0. The average Bonchev–Trinajstić information content (AvgIpc) is 3.08. The van der Waals surface area contributed by atoms with E-state index in [1.165, 1.54) is 42.0 Å². The number of thiazole rings is 1. The summed E-state index contributed by atoms with van der Waals surface area (Å²) in [4.78, 5) is 8.23. The minimum Gasteiger partial charge on any atom is -0.423 e. The Morgan fingerprint density at radius 1 is 1.18 bits per heavy atom. The van der Waals surface area contributed by atoms with Crippen molar-refractivity contribution in [2.24, 2.45) is 0 Å². The van der Waals surface area contributed by atoms with Gasteiger partial charge in [-0.1, -0.05) is 12.8 Å². The third kappa shape index (κ3) is 2.82. The van der Waals surface area contributed by atoms with Crippen molar-refractivity contribution in [3.05, 3.63) is 27.9 Å². The Bertz CT molecular complexity index is 634. The van der Waals surface area contributed by atoms with Crippen LogP contribution in [-0.4, -0.2) is 26.6 Å². The van der Waals surface area contributed by atoms with E-state index < -0.39 is 0 Å². The van der Waals surface area contributed by atoms with Crippen LogP contribution in [0.2, 0.25) is 0 Å². The molecule has 1 saturated heterocycles. The molecular formula is C16H22N4OS. The molecule has 1 saturated carbocycles. The van der Waals surface area contributed by atoms with Crippen molar-refractivity contribution in [2.45, 2.75) is 64.0 Å². The third-order valence-corrected chi connectivity index (χ3v) is 5.71. The highest BCUT2D eigenvalue weighted by atomic mass is 32.1. The van der Waals surface area contributed by atoms with Crippen molar-refractivity contribution in [3.8, 4) is 0 Å². The second kappa shape index (κ2) is 6.08. The van der Waals surface area contributed by atoms with Crippen LogP contribution in [0.1, 0.15) is 72.2 Å². The number of likely N-dealkylation sites (tertiary alicyclic amines) is 1. The minimum atomic E-state index is 0.263. The van der Waals surface area contributed by atoms with Gasteiger partial charge in [0.1, 0.15) is 5.01 Å². The summed E-state index contributed by atoms with van der Waals surface area (Å²) >= 11 is 1.78. The maximum absolute atomic E-state index is 6.02. The lowest BCUT2D eigenvalue weighted by atomic mass is 9.85. The van der Waals surface area contributed by atoms with E-state index in [9.17, 15) is 0 Å². The van der Waals surface area contributed by atoms with E-state index >= 15 is 0 Å². The number of hydrogen-bond donors (Lipinski definition) is 0. The quantitative estimate of drug-likeness (QED) is 0.857. The van der Waals surface area contributed by atoms with Crippen molar-refractivity contribution in [1.29, 1.82) is 0 Å². The molecule has 118 valence electrons. The first-order chi connectivity index (χ1) is 10.8. The molecule has 0 radical (unpaired) electrons. The summed E-state index contributed by atoms with van der Waals surface area (Å²) in [6.07, 6.45) is 9.24. The Labute approximate surface area is 134 Å². The van der Waals surface area contributed by atoms with Crippen LogP contribution in [-0.2, 0) is 6.54 Å². The summed E-state index contributed by atoms with van der Waals surface area (Å²) in [6.45, 7) is 4.09. The van der Waals surface area contributed by atoms with Gasteiger partial charge in [-0.15, -0.1) is 21.5 Å². The Hall–Kier alpha value is -1.27. The van der Waals surface area contributed by atoms with Crippen molar-refractivity contribution >= 4 is 11.3 Å². The number of hydrogen-bond acceptors (Lipinski definition) is 6. The Kier molecular flexibility index (Phi) is 3.96. The van der Waals surface area contributed by atoms with E-state index in [2.05, 4.69) is 27.0 Å². The molecule has 0 bridgehead atoms. The zero-order valence-electron chi connectivity index (χ0n) is 13.0. The van der Waals surface area contributed by atoms with Crippen LogP contribution >= 0.6 is 11.3 Å². The lowest BCUT2D eigenvalue weighted by Gasteiger charge is -2.32. The minimum absolute atomic E-state index is 0.263. The topological polar surface area (TPSA) is 55.1 Å². The van der Waals surface area contributed by atoms with Gasteiger partial charge in [-0.05, 0) is 39.2 Å². The fourth-order valence-corrected chi connectivity index (χ4v) is 4.12. The first-order valence-electron chi connectivity index (χ1n) is 8.28.